The van der Waals surface area contributed by atoms with Crippen molar-refractivity contribution in [1.82, 2.24) is 20.4 Å². The molecule has 2 N–H and O–H groups in total. The van der Waals surface area contributed by atoms with Gasteiger partial charge in [-0.3, -0.25) is 39.1 Å². The van der Waals surface area contributed by atoms with E-state index in [0.717, 1.165) is 62.4 Å². The van der Waals surface area contributed by atoms with E-state index in [9.17, 15) is 29.2 Å². The summed E-state index contributed by atoms with van der Waals surface area (Å²) in [5.41, 5.74) is 1.87. The number of nitriles is 1. The molecule has 0 radical (unpaired) electrons. The molecule has 338 valence electrons. The van der Waals surface area contributed by atoms with E-state index in [1.165, 1.54) is 7.11 Å². The van der Waals surface area contributed by atoms with E-state index < -0.39 is 29.7 Å². The monoisotopic (exact) mass is 874 g/mol. The van der Waals surface area contributed by atoms with E-state index in [0.29, 0.717) is 46.9 Å². The Kier molecular flexibility index (Phi) is 12.5. The highest BCUT2D eigenvalue weighted by atomic mass is 16.5. The maximum absolute atomic E-state index is 13.6. The number of rotatable bonds is 15. The summed E-state index contributed by atoms with van der Waals surface area (Å²) >= 11 is 0. The van der Waals surface area contributed by atoms with Gasteiger partial charge in [-0.25, -0.2) is 0 Å². The molecule has 0 bridgehead atoms. The zero-order chi connectivity index (χ0) is 45.5. The molecule has 3 aromatic carbocycles. The minimum atomic E-state index is -1.01. The Morgan fingerprint density at radius 1 is 0.875 bits per heavy atom. The van der Waals surface area contributed by atoms with Crippen LogP contribution in [0.25, 0.3) is 0 Å². The lowest BCUT2D eigenvalue weighted by Crippen LogP contribution is -2.74. The smallest absolute Gasteiger partial charge is 0.262 e. The van der Waals surface area contributed by atoms with Gasteiger partial charge in [-0.15, -0.1) is 0 Å². The minimum absolute atomic E-state index is 0.0405. The van der Waals surface area contributed by atoms with E-state index in [4.69, 9.17) is 18.9 Å². The lowest BCUT2D eigenvalue weighted by Gasteiger charge is -2.63. The molecule has 2 saturated carbocycles. The van der Waals surface area contributed by atoms with Crippen molar-refractivity contribution in [2.45, 2.75) is 96.6 Å². The number of methoxy groups -OCH3 is 2. The number of carbonyl (C=O) groups excluding carboxylic acids is 5. The Morgan fingerprint density at radius 3 is 2.20 bits per heavy atom. The predicted molar refractivity (Wildman–Crippen MR) is 236 cm³/mol. The third-order valence-corrected chi connectivity index (χ3v) is 14.1. The van der Waals surface area contributed by atoms with Gasteiger partial charge in [-0.2, -0.15) is 5.26 Å². The van der Waals surface area contributed by atoms with Crippen LogP contribution in [0, 0.1) is 28.1 Å². The molecule has 1 unspecified atom stereocenters. The van der Waals surface area contributed by atoms with Gasteiger partial charge in [0, 0.05) is 92.8 Å². The maximum Gasteiger partial charge on any atom is 0.262 e. The van der Waals surface area contributed by atoms with Crippen molar-refractivity contribution in [1.29, 1.82) is 5.26 Å². The number of carbonyl (C=O) groups is 5. The number of hydrogen-bond donors (Lipinski definition) is 2. The van der Waals surface area contributed by atoms with Crippen LogP contribution < -0.4 is 29.7 Å². The third kappa shape index (κ3) is 8.53. The van der Waals surface area contributed by atoms with Gasteiger partial charge in [-0.1, -0.05) is 27.7 Å². The predicted octanol–water partition coefficient (Wildman–Crippen LogP) is 5.35. The molecule has 3 aliphatic heterocycles. The number of piperidine rings is 2. The highest BCUT2D eigenvalue weighted by Crippen LogP contribution is 2.55. The van der Waals surface area contributed by atoms with Crippen molar-refractivity contribution in [2.75, 3.05) is 51.9 Å². The Balaban J connectivity index is 0.802. The first kappa shape index (κ1) is 44.6. The second-order valence-corrected chi connectivity index (χ2v) is 19.0. The Hall–Kier alpha value is -5.98. The van der Waals surface area contributed by atoms with Gasteiger partial charge in [0.2, 0.25) is 11.8 Å². The molecule has 3 aromatic rings. The largest absolute Gasteiger partial charge is 0.495 e. The topological polar surface area (TPSA) is 180 Å². The number of imide groups is 2. The summed E-state index contributed by atoms with van der Waals surface area (Å²) in [6.45, 7) is 12.7. The van der Waals surface area contributed by atoms with Crippen LogP contribution in [-0.4, -0.2) is 117 Å². The van der Waals surface area contributed by atoms with Crippen LogP contribution >= 0.6 is 0 Å². The van der Waals surface area contributed by atoms with Crippen LogP contribution in [-0.2, 0) is 14.3 Å². The van der Waals surface area contributed by atoms with E-state index in [-0.39, 0.29) is 59.0 Å². The van der Waals surface area contributed by atoms with Crippen molar-refractivity contribution in [3.8, 4) is 23.3 Å². The van der Waals surface area contributed by atoms with Crippen molar-refractivity contribution < 1.29 is 42.9 Å². The number of ether oxygens (including phenoxy) is 4. The zero-order valence-corrected chi connectivity index (χ0v) is 37.5. The molecule has 3 heterocycles. The highest BCUT2D eigenvalue weighted by Gasteiger charge is 2.64. The average Bonchev–Trinajstić information content (AvgIpc) is 3.51. The number of benzene rings is 3. The number of fused-ring (bicyclic) bond motifs is 1. The molecule has 5 aliphatic rings. The lowest BCUT2D eigenvalue weighted by molar-refractivity contribution is -0.164. The molecule has 64 heavy (non-hydrogen) atoms. The molecule has 0 spiro atoms. The molecular formula is C49H58N6O9. The SMILES string of the molecule is COCCN(CC1CCN(c2ccc(C(=O)NC3C(C)(C)C(Oc4ccc(C#N)c(OC)c4)C3(C)C)cc2)CC1)C1CC(Oc2ccc3c(c2)C(=O)N(C2CCC(=O)NC2=O)C3=O)C1. The van der Waals surface area contributed by atoms with Crippen molar-refractivity contribution in [2.24, 2.45) is 16.7 Å². The molecule has 0 aromatic heterocycles. The summed E-state index contributed by atoms with van der Waals surface area (Å²) in [6.07, 6.45) is 3.69. The molecule has 2 saturated heterocycles. The Labute approximate surface area is 374 Å². The first-order chi connectivity index (χ1) is 30.6. The van der Waals surface area contributed by atoms with Crippen LogP contribution in [0.3, 0.4) is 0 Å². The second kappa shape index (κ2) is 17.9. The van der Waals surface area contributed by atoms with Crippen LogP contribution in [0.4, 0.5) is 5.69 Å². The molecule has 1 atom stereocenters. The molecule has 2 aliphatic carbocycles. The second-order valence-electron chi connectivity index (χ2n) is 19.0. The van der Waals surface area contributed by atoms with Crippen molar-refractivity contribution in [3.63, 3.8) is 0 Å². The van der Waals surface area contributed by atoms with Gasteiger partial charge < -0.3 is 29.2 Å². The normalized spacial score (nSPS) is 24.9. The van der Waals surface area contributed by atoms with Crippen molar-refractivity contribution in [3.05, 3.63) is 82.9 Å². The minimum Gasteiger partial charge on any atom is -0.495 e. The molecule has 15 heteroatoms. The number of nitrogens with zero attached hydrogens (tertiary/aromatic N) is 4. The third-order valence-electron chi connectivity index (χ3n) is 14.1. The first-order valence-corrected chi connectivity index (χ1v) is 22.3. The number of hydrogen-bond acceptors (Lipinski definition) is 12. The van der Waals surface area contributed by atoms with Gasteiger partial charge in [0.25, 0.3) is 17.7 Å². The van der Waals surface area contributed by atoms with Gasteiger partial charge in [0.05, 0.1) is 30.4 Å². The van der Waals surface area contributed by atoms with Crippen LogP contribution in [0.2, 0.25) is 0 Å². The Morgan fingerprint density at radius 2 is 1.55 bits per heavy atom. The zero-order valence-electron chi connectivity index (χ0n) is 37.5. The fraction of sp³-hybridized carbons (Fsp3) is 0.510. The number of amides is 5. The lowest BCUT2D eigenvalue weighted by atomic mass is 9.49. The average molecular weight is 875 g/mol. The molecular weight excluding hydrogens is 817 g/mol. The quantitative estimate of drug-likeness (QED) is 0.187. The summed E-state index contributed by atoms with van der Waals surface area (Å²) in [4.78, 5) is 70.0. The van der Waals surface area contributed by atoms with Gasteiger partial charge in [0.15, 0.2) is 0 Å². The van der Waals surface area contributed by atoms with Gasteiger partial charge in [-0.05, 0) is 79.8 Å². The van der Waals surface area contributed by atoms with Crippen LogP contribution in [0.5, 0.6) is 17.2 Å². The van der Waals surface area contributed by atoms with E-state index in [1.54, 1.807) is 43.5 Å². The summed E-state index contributed by atoms with van der Waals surface area (Å²) in [5, 5.41) is 14.9. The van der Waals surface area contributed by atoms with Crippen LogP contribution in [0.15, 0.2) is 60.7 Å². The highest BCUT2D eigenvalue weighted by molar-refractivity contribution is 6.23. The summed E-state index contributed by atoms with van der Waals surface area (Å²) in [7, 11) is 3.25. The van der Waals surface area contributed by atoms with E-state index >= 15 is 0 Å². The fourth-order valence-electron chi connectivity index (χ4n) is 10.8. The maximum atomic E-state index is 13.6. The van der Waals surface area contributed by atoms with Gasteiger partial charge >= 0.3 is 0 Å². The van der Waals surface area contributed by atoms with Gasteiger partial charge in [0.1, 0.15) is 41.6 Å². The molecule has 4 fully saturated rings. The van der Waals surface area contributed by atoms with E-state index in [2.05, 4.69) is 54.2 Å². The molecule has 15 nitrogen and oxygen atoms in total. The van der Waals surface area contributed by atoms with E-state index in [1.807, 2.05) is 24.3 Å². The van der Waals surface area contributed by atoms with Crippen LogP contribution in [0.1, 0.15) is 103 Å². The van der Waals surface area contributed by atoms with Crippen molar-refractivity contribution >= 4 is 35.2 Å². The Bertz CT molecular complexity index is 2330. The molecule has 8 rings (SSSR count). The first-order valence-electron chi connectivity index (χ1n) is 22.3. The summed E-state index contributed by atoms with van der Waals surface area (Å²) in [6, 6.07) is 19.3. The molecule has 5 amide bonds. The fourth-order valence-corrected chi connectivity index (χ4v) is 10.8. The number of nitrogens with one attached hydrogen (secondary N) is 2. The summed E-state index contributed by atoms with van der Waals surface area (Å²) in [5.74, 6) is -0.142. The standard InChI is InChI=1S/C49H58N6O9/c1-48(2)46(49(3,4)47(48)64-35-12-9-31(27-50)40(26-35)62-6)52-42(57)30-7-10-32(11-8-30)53-19-17-29(18-20-53)28-54(21-22-61-5)33-23-36(24-33)63-34-13-14-37-38(25-34)45(60)55(44(37)59)39-15-16-41(56)51-43(39)58/h7-14,25-26,29,33,36,39,46-47H,15-24,28H2,1-6H3,(H,52,57)(H,51,56,58). The summed E-state index contributed by atoms with van der Waals surface area (Å²) < 4.78 is 23.6. The number of anilines is 1.